The van der Waals surface area contributed by atoms with Crippen molar-refractivity contribution in [2.75, 3.05) is 27.2 Å². The second-order valence-electron chi connectivity index (χ2n) is 6.07. The van der Waals surface area contributed by atoms with Gasteiger partial charge in [-0.15, -0.1) is 0 Å². The number of rotatable bonds is 5. The van der Waals surface area contributed by atoms with E-state index in [1.54, 1.807) is 0 Å². The third kappa shape index (κ3) is 4.12. The third-order valence-electron chi connectivity index (χ3n) is 3.57. The lowest BCUT2D eigenvalue weighted by Gasteiger charge is -2.35. The normalized spacial score (nSPS) is 18.1. The average Bonchev–Trinajstić information content (AvgIpc) is 2.67. The van der Waals surface area contributed by atoms with E-state index in [1.165, 1.54) is 25.7 Å². The van der Waals surface area contributed by atoms with E-state index >= 15 is 0 Å². The van der Waals surface area contributed by atoms with Crippen LogP contribution in [-0.4, -0.2) is 43.6 Å². The number of carbonyl (C=O) groups excluding carboxylic acids is 1. The van der Waals surface area contributed by atoms with Gasteiger partial charge >= 0.3 is 0 Å². The largest absolute Gasteiger partial charge is 0.351 e. The van der Waals surface area contributed by atoms with E-state index < -0.39 is 0 Å². The van der Waals surface area contributed by atoms with Gasteiger partial charge in [0.05, 0.1) is 20.1 Å². The Labute approximate surface area is 99.8 Å². The molecule has 1 rings (SSSR count). The van der Waals surface area contributed by atoms with Gasteiger partial charge in [-0.3, -0.25) is 4.79 Å². The Kier molecular flexibility index (Phi) is 4.78. The van der Waals surface area contributed by atoms with Gasteiger partial charge in [0.25, 0.3) is 5.91 Å². The zero-order valence-electron chi connectivity index (χ0n) is 11.3. The molecule has 0 radical (unpaired) electrons. The van der Waals surface area contributed by atoms with E-state index in [2.05, 4.69) is 33.3 Å². The van der Waals surface area contributed by atoms with E-state index in [1.807, 2.05) is 0 Å². The van der Waals surface area contributed by atoms with Crippen LogP contribution < -0.4 is 5.32 Å². The highest BCUT2D eigenvalue weighted by molar-refractivity contribution is 5.77. The van der Waals surface area contributed by atoms with Gasteiger partial charge in [-0.05, 0) is 31.6 Å². The van der Waals surface area contributed by atoms with Crippen molar-refractivity contribution in [1.29, 1.82) is 0 Å². The predicted molar refractivity (Wildman–Crippen MR) is 67.1 cm³/mol. The molecule has 94 valence electrons. The number of hydrogen-bond acceptors (Lipinski definition) is 1. The van der Waals surface area contributed by atoms with E-state index in [4.69, 9.17) is 0 Å². The molecule has 0 aromatic carbocycles. The van der Waals surface area contributed by atoms with Gasteiger partial charge < -0.3 is 9.80 Å². The second kappa shape index (κ2) is 5.67. The molecule has 0 unspecified atom stereocenters. The lowest BCUT2D eigenvalue weighted by molar-refractivity contribution is -0.906. The molecule has 1 N–H and O–H groups in total. The molecule has 0 bridgehead atoms. The van der Waals surface area contributed by atoms with Gasteiger partial charge in [0.1, 0.15) is 0 Å². The first-order valence-electron chi connectivity index (χ1n) is 6.51. The average molecular weight is 227 g/mol. The van der Waals surface area contributed by atoms with Crippen LogP contribution in [0.5, 0.6) is 0 Å². The summed E-state index contributed by atoms with van der Waals surface area (Å²) in [4.78, 5) is 11.8. The first-order chi connectivity index (χ1) is 7.42. The van der Waals surface area contributed by atoms with Crippen LogP contribution in [0.25, 0.3) is 0 Å². The number of quaternary nitrogens is 1. The van der Waals surface area contributed by atoms with Crippen molar-refractivity contribution in [2.24, 2.45) is 5.92 Å². The molecule has 0 aliphatic heterocycles. The fourth-order valence-electron chi connectivity index (χ4n) is 2.48. The van der Waals surface area contributed by atoms with Gasteiger partial charge in [-0.2, -0.15) is 0 Å². The third-order valence-corrected chi connectivity index (χ3v) is 3.57. The number of carbonyl (C=O) groups is 1. The number of hydrogen-bond donors (Lipinski definition) is 1. The molecular weight excluding hydrogens is 200 g/mol. The number of likely N-dealkylation sites (N-methyl/N-ethyl adjacent to an activating group) is 1. The molecule has 1 amide bonds. The lowest BCUT2D eigenvalue weighted by Crippen LogP contribution is -2.53. The predicted octanol–water partition coefficient (Wildman–Crippen LogP) is 1.78. The SMILES string of the molecule is CC(C)CNC(=O)C[N+](C)(C)C1CCCC1. The summed E-state index contributed by atoms with van der Waals surface area (Å²) in [6, 6.07) is 0.685. The Hall–Kier alpha value is -0.570. The van der Waals surface area contributed by atoms with Crippen molar-refractivity contribution in [3.05, 3.63) is 0 Å². The Morgan fingerprint density at radius 1 is 1.31 bits per heavy atom. The first-order valence-corrected chi connectivity index (χ1v) is 6.51. The molecular formula is C13H27N2O+. The smallest absolute Gasteiger partial charge is 0.275 e. The molecule has 1 fully saturated rings. The highest BCUT2D eigenvalue weighted by Crippen LogP contribution is 2.26. The number of amides is 1. The molecule has 3 nitrogen and oxygen atoms in total. The van der Waals surface area contributed by atoms with Crippen LogP contribution in [0, 0.1) is 5.92 Å². The summed E-state index contributed by atoms with van der Waals surface area (Å²) >= 11 is 0. The van der Waals surface area contributed by atoms with E-state index in [-0.39, 0.29) is 5.91 Å². The summed E-state index contributed by atoms with van der Waals surface area (Å²) in [5.41, 5.74) is 0. The topological polar surface area (TPSA) is 29.1 Å². The molecule has 0 spiro atoms. The number of nitrogens with one attached hydrogen (secondary N) is 1. The molecule has 0 heterocycles. The minimum atomic E-state index is 0.200. The Balaban J connectivity index is 2.36. The minimum absolute atomic E-state index is 0.200. The Morgan fingerprint density at radius 2 is 1.88 bits per heavy atom. The monoisotopic (exact) mass is 227 g/mol. The van der Waals surface area contributed by atoms with Crippen LogP contribution in [0.15, 0.2) is 0 Å². The van der Waals surface area contributed by atoms with Gasteiger partial charge in [0.15, 0.2) is 6.54 Å². The molecule has 0 saturated heterocycles. The standard InChI is InChI=1S/C13H26N2O/c1-11(2)9-14-13(16)10-15(3,4)12-7-5-6-8-12/h11-12H,5-10H2,1-4H3/p+1. The van der Waals surface area contributed by atoms with E-state index in [9.17, 15) is 4.79 Å². The quantitative estimate of drug-likeness (QED) is 0.713. The summed E-state index contributed by atoms with van der Waals surface area (Å²) in [6.07, 6.45) is 5.23. The molecule has 1 aliphatic rings. The molecule has 16 heavy (non-hydrogen) atoms. The summed E-state index contributed by atoms with van der Waals surface area (Å²) in [7, 11) is 4.37. The van der Waals surface area contributed by atoms with Crippen molar-refractivity contribution < 1.29 is 9.28 Å². The zero-order chi connectivity index (χ0) is 12.2. The van der Waals surface area contributed by atoms with E-state index in [0.29, 0.717) is 18.5 Å². The fraction of sp³-hybridized carbons (Fsp3) is 0.923. The Morgan fingerprint density at radius 3 is 2.38 bits per heavy atom. The molecule has 1 saturated carbocycles. The van der Waals surface area contributed by atoms with Gasteiger partial charge in [-0.25, -0.2) is 0 Å². The van der Waals surface area contributed by atoms with Crippen LogP contribution in [0.1, 0.15) is 39.5 Å². The fourth-order valence-corrected chi connectivity index (χ4v) is 2.48. The zero-order valence-corrected chi connectivity index (χ0v) is 11.3. The second-order valence-corrected chi connectivity index (χ2v) is 6.07. The molecule has 1 aliphatic carbocycles. The van der Waals surface area contributed by atoms with E-state index in [0.717, 1.165) is 11.0 Å². The van der Waals surface area contributed by atoms with Gasteiger partial charge in [-0.1, -0.05) is 13.8 Å². The van der Waals surface area contributed by atoms with Crippen molar-refractivity contribution in [1.82, 2.24) is 5.32 Å². The molecule has 0 atom stereocenters. The first kappa shape index (κ1) is 13.5. The molecule has 3 heteroatoms. The summed E-state index contributed by atoms with van der Waals surface area (Å²) < 4.78 is 0.851. The van der Waals surface area contributed by atoms with Crippen LogP contribution in [0.3, 0.4) is 0 Å². The van der Waals surface area contributed by atoms with Crippen molar-refractivity contribution in [3.63, 3.8) is 0 Å². The van der Waals surface area contributed by atoms with Crippen LogP contribution in [0.2, 0.25) is 0 Å². The highest BCUT2D eigenvalue weighted by atomic mass is 16.2. The molecule has 0 aromatic rings. The maximum absolute atomic E-state index is 11.8. The van der Waals surface area contributed by atoms with Gasteiger partial charge in [0, 0.05) is 6.54 Å². The highest BCUT2D eigenvalue weighted by Gasteiger charge is 2.32. The summed E-state index contributed by atoms with van der Waals surface area (Å²) in [5.74, 6) is 0.733. The summed E-state index contributed by atoms with van der Waals surface area (Å²) in [6.45, 7) is 5.66. The van der Waals surface area contributed by atoms with Crippen molar-refractivity contribution >= 4 is 5.91 Å². The summed E-state index contributed by atoms with van der Waals surface area (Å²) in [5, 5.41) is 3.01. The maximum atomic E-state index is 11.8. The van der Waals surface area contributed by atoms with Crippen molar-refractivity contribution in [2.45, 2.75) is 45.6 Å². The number of nitrogens with zero attached hydrogens (tertiary/aromatic N) is 1. The van der Waals surface area contributed by atoms with Crippen LogP contribution in [-0.2, 0) is 4.79 Å². The van der Waals surface area contributed by atoms with Crippen LogP contribution >= 0.6 is 0 Å². The molecule has 0 aromatic heterocycles. The maximum Gasteiger partial charge on any atom is 0.275 e. The van der Waals surface area contributed by atoms with Gasteiger partial charge in [0.2, 0.25) is 0 Å². The van der Waals surface area contributed by atoms with Crippen molar-refractivity contribution in [3.8, 4) is 0 Å². The minimum Gasteiger partial charge on any atom is -0.351 e. The lowest BCUT2D eigenvalue weighted by atomic mass is 10.2. The Bertz CT molecular complexity index is 230. The van der Waals surface area contributed by atoms with Crippen LogP contribution in [0.4, 0.5) is 0 Å².